The van der Waals surface area contributed by atoms with Crippen LogP contribution in [0.4, 0.5) is 5.69 Å². The lowest BCUT2D eigenvalue weighted by molar-refractivity contribution is -0.132. The molecule has 1 atom stereocenters. The van der Waals surface area contributed by atoms with E-state index in [0.29, 0.717) is 53.9 Å². The summed E-state index contributed by atoms with van der Waals surface area (Å²) in [6.45, 7) is 9.08. The number of rotatable bonds is 10. The van der Waals surface area contributed by atoms with Crippen LogP contribution >= 0.6 is 0 Å². The highest BCUT2D eigenvalue weighted by atomic mass is 16.5. The van der Waals surface area contributed by atoms with Crippen LogP contribution in [-0.4, -0.2) is 36.6 Å². The highest BCUT2D eigenvalue weighted by molar-refractivity contribution is 6.51. The van der Waals surface area contributed by atoms with Gasteiger partial charge in [-0.1, -0.05) is 37.3 Å². The van der Waals surface area contributed by atoms with E-state index >= 15 is 0 Å². The number of ketones is 1. The number of benzene rings is 3. The highest BCUT2D eigenvalue weighted by Crippen LogP contribution is 2.44. The molecule has 1 N–H and O–H groups in total. The zero-order chi connectivity index (χ0) is 27.2. The van der Waals surface area contributed by atoms with Crippen LogP contribution in [0.3, 0.4) is 0 Å². The van der Waals surface area contributed by atoms with Crippen LogP contribution in [0, 0.1) is 6.92 Å². The van der Waals surface area contributed by atoms with Crippen LogP contribution in [0.2, 0.25) is 0 Å². The predicted octanol–water partition coefficient (Wildman–Crippen LogP) is 6.21. The Morgan fingerprint density at radius 1 is 0.842 bits per heavy atom. The molecule has 0 aromatic heterocycles. The van der Waals surface area contributed by atoms with Gasteiger partial charge in [-0.3, -0.25) is 14.5 Å². The van der Waals surface area contributed by atoms with E-state index in [2.05, 4.69) is 0 Å². The number of Topliss-reactive ketones (excluding diaryl/α,β-unsaturated/α-hetero) is 1. The lowest BCUT2D eigenvalue weighted by Gasteiger charge is -2.26. The Hall–Kier alpha value is -4.26. The molecule has 0 bridgehead atoms. The SMILES string of the molecule is CCCOc1ccc(/C(O)=C2\C(=O)C(=O)N(c3ccc(OCC)c(OCC)c3)C2c2ccccc2)cc1C. The molecule has 38 heavy (non-hydrogen) atoms. The summed E-state index contributed by atoms with van der Waals surface area (Å²) < 4.78 is 17.2. The van der Waals surface area contributed by atoms with Gasteiger partial charge in [0.05, 0.1) is 31.4 Å². The molecule has 3 aromatic rings. The maximum atomic E-state index is 13.5. The molecule has 7 heteroatoms. The topological polar surface area (TPSA) is 85.3 Å². The smallest absolute Gasteiger partial charge is 0.300 e. The van der Waals surface area contributed by atoms with E-state index < -0.39 is 17.7 Å². The number of aliphatic hydroxyl groups is 1. The maximum Gasteiger partial charge on any atom is 0.300 e. The van der Waals surface area contributed by atoms with E-state index in [0.717, 1.165) is 12.0 Å². The van der Waals surface area contributed by atoms with E-state index in [4.69, 9.17) is 14.2 Å². The van der Waals surface area contributed by atoms with Crippen molar-refractivity contribution in [2.75, 3.05) is 24.7 Å². The molecule has 0 radical (unpaired) electrons. The number of anilines is 1. The summed E-state index contributed by atoms with van der Waals surface area (Å²) >= 11 is 0. The first-order valence-corrected chi connectivity index (χ1v) is 12.9. The van der Waals surface area contributed by atoms with Crippen molar-refractivity contribution >= 4 is 23.1 Å². The van der Waals surface area contributed by atoms with Crippen molar-refractivity contribution < 1.29 is 28.9 Å². The quantitative estimate of drug-likeness (QED) is 0.196. The third kappa shape index (κ3) is 5.23. The van der Waals surface area contributed by atoms with Crippen LogP contribution in [0.1, 0.15) is 49.9 Å². The van der Waals surface area contributed by atoms with Gasteiger partial charge in [0.2, 0.25) is 0 Å². The Bertz CT molecular complexity index is 1350. The monoisotopic (exact) mass is 515 g/mol. The van der Waals surface area contributed by atoms with E-state index in [1.807, 2.05) is 58.0 Å². The first-order valence-electron chi connectivity index (χ1n) is 12.9. The minimum absolute atomic E-state index is 0.0228. The molecule has 1 aliphatic heterocycles. The summed E-state index contributed by atoms with van der Waals surface area (Å²) in [7, 11) is 0. The fourth-order valence-electron chi connectivity index (χ4n) is 4.57. The van der Waals surface area contributed by atoms with Crippen LogP contribution < -0.4 is 19.1 Å². The summed E-state index contributed by atoms with van der Waals surface area (Å²) in [5.41, 5.74) is 2.44. The second-order valence-corrected chi connectivity index (χ2v) is 8.91. The third-order valence-electron chi connectivity index (χ3n) is 6.27. The number of ether oxygens (including phenoxy) is 3. The molecular weight excluding hydrogens is 482 g/mol. The zero-order valence-corrected chi connectivity index (χ0v) is 22.2. The molecule has 1 saturated heterocycles. The van der Waals surface area contributed by atoms with Crippen LogP contribution in [0.5, 0.6) is 17.2 Å². The standard InChI is InChI=1S/C31H33NO6/c1-5-17-38-24-15-13-22(18-20(24)4)29(33)27-28(21-11-9-8-10-12-21)32(31(35)30(27)34)23-14-16-25(36-6-2)26(19-23)37-7-3/h8-16,18-19,28,33H,5-7,17H2,1-4H3/b29-27+. The van der Waals surface area contributed by atoms with E-state index in [9.17, 15) is 14.7 Å². The van der Waals surface area contributed by atoms with Crippen molar-refractivity contribution in [1.82, 2.24) is 0 Å². The van der Waals surface area contributed by atoms with Gasteiger partial charge in [-0.05, 0) is 68.7 Å². The molecular formula is C31H33NO6. The first-order chi connectivity index (χ1) is 18.4. The number of hydrogen-bond donors (Lipinski definition) is 1. The molecule has 7 nitrogen and oxygen atoms in total. The van der Waals surface area contributed by atoms with Crippen LogP contribution in [0.25, 0.3) is 5.76 Å². The number of aryl methyl sites for hydroxylation is 1. The van der Waals surface area contributed by atoms with Gasteiger partial charge in [-0.15, -0.1) is 0 Å². The van der Waals surface area contributed by atoms with Gasteiger partial charge in [-0.2, -0.15) is 0 Å². The van der Waals surface area contributed by atoms with E-state index in [1.54, 1.807) is 36.4 Å². The van der Waals surface area contributed by atoms with Gasteiger partial charge in [0.1, 0.15) is 11.5 Å². The van der Waals surface area contributed by atoms with Gasteiger partial charge in [0, 0.05) is 17.3 Å². The average molecular weight is 516 g/mol. The number of aliphatic hydroxyl groups excluding tert-OH is 1. The second kappa shape index (κ2) is 11.9. The maximum absolute atomic E-state index is 13.5. The third-order valence-corrected chi connectivity index (χ3v) is 6.27. The lowest BCUT2D eigenvalue weighted by Crippen LogP contribution is -2.29. The largest absolute Gasteiger partial charge is 0.507 e. The predicted molar refractivity (Wildman–Crippen MR) is 147 cm³/mol. The highest BCUT2D eigenvalue weighted by Gasteiger charge is 2.47. The molecule has 3 aromatic carbocycles. The van der Waals surface area contributed by atoms with Crippen LogP contribution in [-0.2, 0) is 9.59 Å². The number of carbonyl (C=O) groups is 2. The molecule has 0 aliphatic carbocycles. The minimum Gasteiger partial charge on any atom is -0.507 e. The van der Waals surface area contributed by atoms with Crippen molar-refractivity contribution in [2.24, 2.45) is 0 Å². The summed E-state index contributed by atoms with van der Waals surface area (Å²) in [6.07, 6.45) is 0.873. The fraction of sp³-hybridized carbons (Fsp3) is 0.290. The summed E-state index contributed by atoms with van der Waals surface area (Å²) in [4.78, 5) is 28.4. The average Bonchev–Trinajstić information content (AvgIpc) is 3.19. The molecule has 1 fully saturated rings. The minimum atomic E-state index is -0.833. The fourth-order valence-corrected chi connectivity index (χ4v) is 4.57. The van der Waals surface area contributed by atoms with Crippen molar-refractivity contribution in [3.05, 3.63) is 89.0 Å². The van der Waals surface area contributed by atoms with Gasteiger partial charge in [0.15, 0.2) is 11.5 Å². The van der Waals surface area contributed by atoms with Gasteiger partial charge in [0.25, 0.3) is 11.7 Å². The number of hydrogen-bond acceptors (Lipinski definition) is 6. The van der Waals surface area contributed by atoms with Crippen molar-refractivity contribution in [2.45, 2.75) is 40.2 Å². The summed E-state index contributed by atoms with van der Waals surface area (Å²) in [5.74, 6) is 0.00608. The van der Waals surface area contributed by atoms with E-state index in [-0.39, 0.29) is 11.3 Å². The molecule has 0 saturated carbocycles. The Labute approximate surface area is 223 Å². The Morgan fingerprint density at radius 2 is 1.53 bits per heavy atom. The Morgan fingerprint density at radius 3 is 2.18 bits per heavy atom. The van der Waals surface area contributed by atoms with Crippen molar-refractivity contribution in [3.8, 4) is 17.2 Å². The summed E-state index contributed by atoms with van der Waals surface area (Å²) in [5, 5.41) is 11.4. The van der Waals surface area contributed by atoms with Crippen LogP contribution in [0.15, 0.2) is 72.3 Å². The molecule has 4 rings (SSSR count). The van der Waals surface area contributed by atoms with Crippen molar-refractivity contribution in [3.63, 3.8) is 0 Å². The molecule has 1 amide bonds. The van der Waals surface area contributed by atoms with E-state index in [1.165, 1.54) is 4.90 Å². The molecule has 1 aliphatic rings. The van der Waals surface area contributed by atoms with Gasteiger partial charge in [-0.25, -0.2) is 0 Å². The van der Waals surface area contributed by atoms with Gasteiger partial charge >= 0.3 is 0 Å². The first kappa shape index (κ1) is 26.8. The Balaban J connectivity index is 1.86. The Kier molecular flexibility index (Phi) is 8.36. The zero-order valence-electron chi connectivity index (χ0n) is 22.2. The normalized spacial score (nSPS) is 16.5. The number of amides is 1. The second-order valence-electron chi connectivity index (χ2n) is 8.91. The summed E-state index contributed by atoms with van der Waals surface area (Å²) in [6, 6.07) is 18.7. The number of nitrogens with zero attached hydrogens (tertiary/aromatic N) is 1. The van der Waals surface area contributed by atoms with Gasteiger partial charge < -0.3 is 19.3 Å². The molecule has 1 unspecified atom stereocenters. The molecule has 0 spiro atoms. The number of carbonyl (C=O) groups excluding carboxylic acids is 2. The van der Waals surface area contributed by atoms with Crippen molar-refractivity contribution in [1.29, 1.82) is 0 Å². The molecule has 198 valence electrons. The lowest BCUT2D eigenvalue weighted by atomic mass is 9.94. The molecule has 1 heterocycles.